The first-order valence-electron chi connectivity index (χ1n) is 9.15. The Labute approximate surface area is 138 Å². The number of aromatic nitrogens is 1. The van der Waals surface area contributed by atoms with Gasteiger partial charge in [-0.1, -0.05) is 6.07 Å². The normalized spacial score (nSPS) is 24.8. The van der Waals surface area contributed by atoms with E-state index in [0.717, 1.165) is 32.5 Å². The molecule has 1 aliphatic carbocycles. The second kappa shape index (κ2) is 6.23. The maximum atomic E-state index is 12.2. The Morgan fingerprint density at radius 2 is 2.00 bits per heavy atom. The van der Waals surface area contributed by atoms with Gasteiger partial charge < -0.3 is 4.90 Å². The van der Waals surface area contributed by atoms with E-state index in [1.807, 2.05) is 12.3 Å². The summed E-state index contributed by atoms with van der Waals surface area (Å²) in [5.41, 5.74) is 1.61. The Morgan fingerprint density at radius 3 is 2.70 bits per heavy atom. The number of pyridine rings is 1. The number of rotatable bonds is 3. The zero-order valence-electron chi connectivity index (χ0n) is 13.9. The van der Waals surface area contributed by atoms with Crippen LogP contribution in [0, 0.1) is 11.3 Å². The van der Waals surface area contributed by atoms with Crippen LogP contribution in [0.15, 0.2) is 24.4 Å². The van der Waals surface area contributed by atoms with Crippen molar-refractivity contribution in [2.75, 3.05) is 26.2 Å². The minimum Gasteiger partial charge on any atom is -0.342 e. The van der Waals surface area contributed by atoms with Gasteiger partial charge in [-0.05, 0) is 62.6 Å². The van der Waals surface area contributed by atoms with Crippen molar-refractivity contribution in [3.63, 3.8) is 0 Å². The number of likely N-dealkylation sites (tertiary alicyclic amines) is 2. The van der Waals surface area contributed by atoms with Gasteiger partial charge >= 0.3 is 0 Å². The predicted molar refractivity (Wildman–Crippen MR) is 89.7 cm³/mol. The Morgan fingerprint density at radius 1 is 1.17 bits per heavy atom. The topological polar surface area (TPSA) is 36.4 Å². The van der Waals surface area contributed by atoms with E-state index in [0.29, 0.717) is 17.2 Å². The summed E-state index contributed by atoms with van der Waals surface area (Å²) in [6.45, 7) is 5.28. The Balaban J connectivity index is 1.34. The zero-order valence-corrected chi connectivity index (χ0v) is 13.9. The molecule has 0 aromatic carbocycles. The van der Waals surface area contributed by atoms with E-state index in [2.05, 4.69) is 26.9 Å². The van der Waals surface area contributed by atoms with E-state index in [1.54, 1.807) is 0 Å². The molecule has 2 aliphatic heterocycles. The summed E-state index contributed by atoms with van der Waals surface area (Å²) >= 11 is 0. The van der Waals surface area contributed by atoms with E-state index >= 15 is 0 Å². The van der Waals surface area contributed by atoms with Gasteiger partial charge in [0.2, 0.25) is 5.91 Å². The number of amides is 1. The number of hydrogen-bond acceptors (Lipinski definition) is 3. The first-order valence-corrected chi connectivity index (χ1v) is 9.15. The monoisotopic (exact) mass is 313 g/mol. The van der Waals surface area contributed by atoms with Crippen molar-refractivity contribution in [1.82, 2.24) is 14.8 Å². The van der Waals surface area contributed by atoms with Crippen LogP contribution in [0.25, 0.3) is 0 Å². The van der Waals surface area contributed by atoms with Crippen LogP contribution < -0.4 is 0 Å². The minimum atomic E-state index is 0.371. The summed E-state index contributed by atoms with van der Waals surface area (Å²) in [4.78, 5) is 21.4. The summed E-state index contributed by atoms with van der Waals surface area (Å²) < 4.78 is 0. The molecule has 0 atom stereocenters. The summed E-state index contributed by atoms with van der Waals surface area (Å²) in [7, 11) is 0. The maximum absolute atomic E-state index is 12.2. The smallest absolute Gasteiger partial charge is 0.225 e. The third-order valence-corrected chi connectivity index (χ3v) is 5.91. The molecule has 1 aromatic rings. The predicted octanol–water partition coefficient (Wildman–Crippen LogP) is 2.70. The highest BCUT2D eigenvalue weighted by molar-refractivity contribution is 5.81. The van der Waals surface area contributed by atoms with Crippen LogP contribution in [0.3, 0.4) is 0 Å². The molecule has 3 fully saturated rings. The van der Waals surface area contributed by atoms with Crippen LogP contribution in [0.1, 0.15) is 44.2 Å². The van der Waals surface area contributed by atoms with Crippen molar-refractivity contribution in [3.8, 4) is 0 Å². The fourth-order valence-corrected chi connectivity index (χ4v) is 4.36. The van der Waals surface area contributed by atoms with Crippen LogP contribution >= 0.6 is 0 Å². The molecule has 1 amide bonds. The lowest BCUT2D eigenvalue weighted by Gasteiger charge is -2.47. The molecule has 3 heterocycles. The third-order valence-electron chi connectivity index (χ3n) is 5.91. The van der Waals surface area contributed by atoms with Gasteiger partial charge in [-0.15, -0.1) is 0 Å². The lowest BCUT2D eigenvalue weighted by atomic mass is 9.72. The van der Waals surface area contributed by atoms with E-state index in [4.69, 9.17) is 0 Å². The molecule has 4 nitrogen and oxygen atoms in total. The highest BCUT2D eigenvalue weighted by Crippen LogP contribution is 2.41. The number of hydrogen-bond donors (Lipinski definition) is 0. The van der Waals surface area contributed by atoms with Crippen molar-refractivity contribution >= 4 is 5.91 Å². The van der Waals surface area contributed by atoms with Crippen LogP contribution in [-0.2, 0) is 11.3 Å². The van der Waals surface area contributed by atoms with Crippen molar-refractivity contribution in [3.05, 3.63) is 30.1 Å². The van der Waals surface area contributed by atoms with Gasteiger partial charge in [0.15, 0.2) is 0 Å². The number of piperidine rings is 2. The van der Waals surface area contributed by atoms with Gasteiger partial charge in [0.05, 0.1) is 5.69 Å². The Hall–Kier alpha value is -1.42. The Bertz CT molecular complexity index is 547. The number of carbonyl (C=O) groups excluding carboxylic acids is 1. The standard InChI is InChI=1S/C19H27N3O/c23-18(16-5-6-16)22-12-8-19(9-13-22)7-3-11-21(15-19)14-17-4-1-2-10-20-17/h1-2,4,10,16H,3,5-9,11-15H2. The van der Waals surface area contributed by atoms with Gasteiger partial charge in [0.1, 0.15) is 0 Å². The summed E-state index contributed by atoms with van der Waals surface area (Å²) in [5.74, 6) is 0.803. The molecular weight excluding hydrogens is 286 g/mol. The average Bonchev–Trinajstić information content (AvgIpc) is 3.41. The van der Waals surface area contributed by atoms with Crippen molar-refractivity contribution < 1.29 is 4.79 Å². The quantitative estimate of drug-likeness (QED) is 0.861. The molecular formula is C19H27N3O. The SMILES string of the molecule is O=C(C1CC1)N1CCC2(CCCN(Cc3ccccn3)C2)CC1. The van der Waals surface area contributed by atoms with E-state index in [-0.39, 0.29) is 0 Å². The fourth-order valence-electron chi connectivity index (χ4n) is 4.36. The minimum absolute atomic E-state index is 0.371. The van der Waals surface area contributed by atoms with Crippen molar-refractivity contribution in [2.24, 2.45) is 11.3 Å². The molecule has 1 spiro atoms. The van der Waals surface area contributed by atoms with E-state index in [9.17, 15) is 4.79 Å². The van der Waals surface area contributed by atoms with Crippen LogP contribution in [0.4, 0.5) is 0 Å². The molecule has 0 unspecified atom stereocenters. The highest BCUT2D eigenvalue weighted by atomic mass is 16.2. The lowest BCUT2D eigenvalue weighted by Crippen LogP contribution is -2.50. The third kappa shape index (κ3) is 3.42. The molecule has 124 valence electrons. The molecule has 3 aliphatic rings. The van der Waals surface area contributed by atoms with Gasteiger partial charge in [0.25, 0.3) is 0 Å². The zero-order chi connectivity index (χ0) is 15.7. The fraction of sp³-hybridized carbons (Fsp3) is 0.684. The van der Waals surface area contributed by atoms with Gasteiger partial charge in [-0.3, -0.25) is 14.7 Å². The van der Waals surface area contributed by atoms with Crippen LogP contribution in [-0.4, -0.2) is 46.9 Å². The summed E-state index contributed by atoms with van der Waals surface area (Å²) in [6.07, 6.45) is 9.11. The first-order chi connectivity index (χ1) is 11.2. The molecule has 23 heavy (non-hydrogen) atoms. The van der Waals surface area contributed by atoms with E-state index in [1.165, 1.54) is 44.5 Å². The average molecular weight is 313 g/mol. The van der Waals surface area contributed by atoms with Crippen LogP contribution in [0.5, 0.6) is 0 Å². The van der Waals surface area contributed by atoms with Gasteiger partial charge in [-0.2, -0.15) is 0 Å². The molecule has 1 aromatic heterocycles. The second-order valence-electron chi connectivity index (χ2n) is 7.73. The van der Waals surface area contributed by atoms with E-state index < -0.39 is 0 Å². The molecule has 0 N–H and O–H groups in total. The molecule has 0 bridgehead atoms. The van der Waals surface area contributed by atoms with Gasteiger partial charge in [0, 0.05) is 38.3 Å². The Kier molecular flexibility index (Phi) is 4.10. The van der Waals surface area contributed by atoms with Crippen molar-refractivity contribution in [1.29, 1.82) is 0 Å². The number of carbonyl (C=O) groups is 1. The largest absolute Gasteiger partial charge is 0.342 e. The number of nitrogens with zero attached hydrogens (tertiary/aromatic N) is 3. The highest BCUT2D eigenvalue weighted by Gasteiger charge is 2.41. The van der Waals surface area contributed by atoms with Crippen LogP contribution in [0.2, 0.25) is 0 Å². The van der Waals surface area contributed by atoms with Gasteiger partial charge in [-0.25, -0.2) is 0 Å². The summed E-state index contributed by atoms with van der Waals surface area (Å²) in [6, 6.07) is 6.18. The lowest BCUT2D eigenvalue weighted by molar-refractivity contribution is -0.135. The molecule has 1 saturated carbocycles. The molecule has 4 heteroatoms. The summed E-state index contributed by atoms with van der Waals surface area (Å²) in [5, 5.41) is 0. The van der Waals surface area contributed by atoms with Crippen molar-refractivity contribution in [2.45, 2.75) is 45.1 Å². The molecule has 2 saturated heterocycles. The maximum Gasteiger partial charge on any atom is 0.225 e. The molecule has 0 radical (unpaired) electrons. The second-order valence-corrected chi connectivity index (χ2v) is 7.73. The first kappa shape index (κ1) is 15.1. The molecule has 4 rings (SSSR count).